The predicted octanol–water partition coefficient (Wildman–Crippen LogP) is 1.34. The molecule has 8 heavy (non-hydrogen) atoms. The predicted molar refractivity (Wildman–Crippen MR) is 31.4 cm³/mol. The van der Waals surface area contributed by atoms with Gasteiger partial charge in [0.25, 0.3) is 0 Å². The molecule has 0 N–H and O–H groups in total. The number of alkyl halides is 1. The fourth-order valence-corrected chi connectivity index (χ4v) is 0.316. The first-order valence-electron chi connectivity index (χ1n) is 2.31. The number of hydrogen-bond acceptors (Lipinski definition) is 2. The summed E-state index contributed by atoms with van der Waals surface area (Å²) in [5, 5.41) is 0. The second kappa shape index (κ2) is 3.72. The lowest BCUT2D eigenvalue weighted by Crippen LogP contribution is -2.07. The van der Waals surface area contributed by atoms with Crippen LogP contribution in [-0.2, 0) is 9.53 Å². The minimum absolute atomic E-state index is 0.382. The summed E-state index contributed by atoms with van der Waals surface area (Å²) < 4.78 is 4.47. The van der Waals surface area contributed by atoms with E-state index in [2.05, 4.69) is 4.74 Å². The van der Waals surface area contributed by atoms with Gasteiger partial charge in [0.05, 0.1) is 6.42 Å². The molecular weight excluding hydrogens is 128 g/mol. The third kappa shape index (κ3) is 3.93. The minimum atomic E-state index is -0.529. The monoisotopic (exact) mass is 135 g/mol. The van der Waals surface area contributed by atoms with E-state index in [0.717, 1.165) is 0 Å². The van der Waals surface area contributed by atoms with Gasteiger partial charge in [0, 0.05) is 0 Å². The van der Waals surface area contributed by atoms with Crippen LogP contribution >= 0.6 is 11.6 Å². The Morgan fingerprint density at radius 2 is 2.38 bits per heavy atom. The van der Waals surface area contributed by atoms with E-state index in [1.54, 1.807) is 13.8 Å². The Bertz CT molecular complexity index is 80.5. The van der Waals surface area contributed by atoms with Gasteiger partial charge in [-0.25, -0.2) is 0 Å². The molecule has 0 heterocycles. The lowest BCUT2D eigenvalue weighted by molar-refractivity contribution is -0.140. The van der Waals surface area contributed by atoms with Gasteiger partial charge in [0.15, 0.2) is 5.56 Å². The van der Waals surface area contributed by atoms with Crippen LogP contribution in [0.4, 0.5) is 0 Å². The highest BCUT2D eigenvalue weighted by Crippen LogP contribution is 1.96. The van der Waals surface area contributed by atoms with Crippen LogP contribution in [0.2, 0.25) is 0 Å². The van der Waals surface area contributed by atoms with Crippen molar-refractivity contribution >= 4 is 17.6 Å². The van der Waals surface area contributed by atoms with Crippen molar-refractivity contribution in [1.29, 1.82) is 0 Å². The molecule has 0 aliphatic heterocycles. The molecule has 0 saturated heterocycles. The summed E-state index contributed by atoms with van der Waals surface area (Å²) in [6.45, 7) is 3.19. The van der Waals surface area contributed by atoms with Gasteiger partial charge in [-0.15, -0.1) is 0 Å². The summed E-state index contributed by atoms with van der Waals surface area (Å²) in [6, 6.07) is 0. The van der Waals surface area contributed by atoms with Crippen LogP contribution in [0.1, 0.15) is 13.8 Å². The van der Waals surface area contributed by atoms with Gasteiger partial charge in [-0.2, -0.15) is 0 Å². The largest absolute Gasteiger partial charge is 0.446 e. The van der Waals surface area contributed by atoms with E-state index in [1.165, 1.54) is 6.42 Å². The molecule has 0 fully saturated rings. The standard InChI is InChI=1S/C5H8ClO2/c1-3-5(7)8-4(2)6/h3-4H,1-2H3. The Morgan fingerprint density at radius 1 is 1.88 bits per heavy atom. The maximum absolute atomic E-state index is 10.3. The minimum Gasteiger partial charge on any atom is -0.446 e. The normalized spacial score (nSPS) is 12.9. The average molecular weight is 136 g/mol. The molecule has 3 heteroatoms. The zero-order chi connectivity index (χ0) is 6.57. The summed E-state index contributed by atoms with van der Waals surface area (Å²) in [5.74, 6) is -0.382. The van der Waals surface area contributed by atoms with E-state index in [4.69, 9.17) is 11.6 Å². The van der Waals surface area contributed by atoms with Gasteiger partial charge < -0.3 is 4.74 Å². The molecule has 0 spiro atoms. The molecule has 0 saturated carbocycles. The van der Waals surface area contributed by atoms with Gasteiger partial charge >= 0.3 is 5.97 Å². The number of esters is 1. The first-order chi connectivity index (χ1) is 3.66. The van der Waals surface area contributed by atoms with Crippen molar-refractivity contribution < 1.29 is 9.53 Å². The molecule has 0 amide bonds. The highest BCUT2D eigenvalue weighted by molar-refractivity contribution is 6.20. The molecule has 0 aliphatic carbocycles. The van der Waals surface area contributed by atoms with Crippen molar-refractivity contribution in [2.45, 2.75) is 19.4 Å². The fraction of sp³-hybridized carbons (Fsp3) is 0.600. The summed E-state index contributed by atoms with van der Waals surface area (Å²) >= 11 is 5.29. The Labute approximate surface area is 53.8 Å². The Morgan fingerprint density at radius 3 is 2.50 bits per heavy atom. The molecule has 0 bridgehead atoms. The van der Waals surface area contributed by atoms with E-state index < -0.39 is 5.56 Å². The van der Waals surface area contributed by atoms with Crippen molar-refractivity contribution in [3.05, 3.63) is 6.42 Å². The Hall–Kier alpha value is -0.240. The van der Waals surface area contributed by atoms with Crippen LogP contribution in [-0.4, -0.2) is 11.5 Å². The first kappa shape index (κ1) is 7.76. The fourth-order valence-electron chi connectivity index (χ4n) is 0.228. The second-order valence-electron chi connectivity index (χ2n) is 1.27. The van der Waals surface area contributed by atoms with Crippen molar-refractivity contribution in [3.63, 3.8) is 0 Å². The maximum Gasteiger partial charge on any atom is 0.310 e. The number of carbonyl (C=O) groups is 1. The topological polar surface area (TPSA) is 26.3 Å². The number of rotatable bonds is 2. The summed E-state index contributed by atoms with van der Waals surface area (Å²) in [4.78, 5) is 10.3. The molecule has 1 unspecified atom stereocenters. The highest BCUT2D eigenvalue weighted by Gasteiger charge is 2.01. The van der Waals surface area contributed by atoms with Gasteiger partial charge in [0.1, 0.15) is 0 Å². The third-order valence-corrected chi connectivity index (χ3v) is 0.603. The van der Waals surface area contributed by atoms with Gasteiger partial charge in [-0.1, -0.05) is 18.5 Å². The molecule has 0 aromatic heterocycles. The van der Waals surface area contributed by atoms with E-state index >= 15 is 0 Å². The number of hydrogen-bond donors (Lipinski definition) is 0. The molecule has 0 aliphatic rings. The van der Waals surface area contributed by atoms with Gasteiger partial charge in [0.2, 0.25) is 0 Å². The molecule has 0 rings (SSSR count). The second-order valence-corrected chi connectivity index (χ2v) is 1.88. The lowest BCUT2D eigenvalue weighted by atomic mass is 10.5. The quantitative estimate of drug-likeness (QED) is 0.422. The van der Waals surface area contributed by atoms with Crippen LogP contribution in [0.15, 0.2) is 0 Å². The third-order valence-electron chi connectivity index (χ3n) is 0.514. The van der Waals surface area contributed by atoms with E-state index in [1.807, 2.05) is 0 Å². The summed E-state index contributed by atoms with van der Waals surface area (Å²) in [6.07, 6.45) is 1.32. The van der Waals surface area contributed by atoms with Crippen LogP contribution in [0.3, 0.4) is 0 Å². The van der Waals surface area contributed by atoms with Gasteiger partial charge in [-0.05, 0) is 6.92 Å². The maximum atomic E-state index is 10.3. The molecular formula is C5H8ClO2. The SMILES string of the molecule is C[CH]C(=O)OC(C)Cl. The highest BCUT2D eigenvalue weighted by atomic mass is 35.5. The summed E-state index contributed by atoms with van der Waals surface area (Å²) in [5.41, 5.74) is -0.529. The Balaban J connectivity index is 3.25. The molecule has 47 valence electrons. The van der Waals surface area contributed by atoms with Crippen molar-refractivity contribution in [1.82, 2.24) is 0 Å². The summed E-state index contributed by atoms with van der Waals surface area (Å²) in [7, 11) is 0. The molecule has 1 atom stereocenters. The first-order valence-corrected chi connectivity index (χ1v) is 2.74. The zero-order valence-corrected chi connectivity index (χ0v) is 5.61. The van der Waals surface area contributed by atoms with Crippen LogP contribution in [0.5, 0.6) is 0 Å². The zero-order valence-electron chi connectivity index (χ0n) is 4.85. The smallest absolute Gasteiger partial charge is 0.310 e. The molecule has 0 aromatic rings. The van der Waals surface area contributed by atoms with Gasteiger partial charge in [-0.3, -0.25) is 4.79 Å². The molecule has 2 nitrogen and oxygen atoms in total. The van der Waals surface area contributed by atoms with E-state index in [9.17, 15) is 4.79 Å². The molecule has 0 aromatic carbocycles. The lowest BCUT2D eigenvalue weighted by Gasteiger charge is -2.01. The number of halogens is 1. The Kier molecular flexibility index (Phi) is 3.61. The van der Waals surface area contributed by atoms with E-state index in [-0.39, 0.29) is 5.97 Å². The van der Waals surface area contributed by atoms with Crippen LogP contribution < -0.4 is 0 Å². The number of carbonyl (C=O) groups excluding carboxylic acids is 1. The number of ether oxygens (including phenoxy) is 1. The average Bonchev–Trinajstić information content (AvgIpc) is 1.65. The van der Waals surface area contributed by atoms with Crippen LogP contribution in [0.25, 0.3) is 0 Å². The van der Waals surface area contributed by atoms with Crippen LogP contribution in [0, 0.1) is 6.42 Å². The van der Waals surface area contributed by atoms with E-state index in [0.29, 0.717) is 0 Å². The molecule has 1 radical (unpaired) electrons. The van der Waals surface area contributed by atoms with Crippen molar-refractivity contribution in [2.75, 3.05) is 0 Å². The van der Waals surface area contributed by atoms with Crippen molar-refractivity contribution in [2.24, 2.45) is 0 Å². The van der Waals surface area contributed by atoms with Crippen molar-refractivity contribution in [3.8, 4) is 0 Å².